The Bertz CT molecular complexity index is 2770. The minimum Gasteiger partial charge on any atom is -0.311 e. The Morgan fingerprint density at radius 3 is 1.37 bits per heavy atom. The summed E-state index contributed by atoms with van der Waals surface area (Å²) >= 11 is 0. The van der Waals surface area contributed by atoms with Crippen molar-refractivity contribution in [3.63, 3.8) is 0 Å². The van der Waals surface area contributed by atoms with Crippen LogP contribution in [0.4, 0.5) is 17.1 Å². The van der Waals surface area contributed by atoms with Crippen LogP contribution in [0.3, 0.4) is 0 Å². The minimum absolute atomic E-state index is 0.364. The van der Waals surface area contributed by atoms with Crippen LogP contribution in [-0.2, 0) is 5.41 Å². The van der Waals surface area contributed by atoms with Crippen LogP contribution in [0.1, 0.15) is 34.7 Å². The van der Waals surface area contributed by atoms with Gasteiger partial charge in [0.1, 0.15) is 0 Å². The Hall–Kier alpha value is -7.22. The SMILES string of the molecule is C=C/C(=C\C=C/C)c1ccc(N(c2ccc(-c3ccccc3)cc2)c2ccc(-c3ccc4c(c3)C3(c5ccccc5-c5ccccc53)c3ccccc3-4)cc2)cc1. The molecule has 0 bridgehead atoms. The Morgan fingerprint density at radius 2 is 0.860 bits per heavy atom. The van der Waals surface area contributed by atoms with Crippen LogP contribution in [0.25, 0.3) is 50.1 Å². The molecule has 0 fully saturated rings. The van der Waals surface area contributed by atoms with E-state index >= 15 is 0 Å². The van der Waals surface area contributed by atoms with E-state index in [2.05, 4.69) is 218 Å². The monoisotopic (exact) mass is 727 g/mol. The Balaban J connectivity index is 1.07. The Labute approximate surface area is 335 Å². The normalized spacial score (nSPS) is 13.2. The molecule has 8 aromatic rings. The first-order valence-corrected chi connectivity index (χ1v) is 19.7. The number of anilines is 3. The predicted molar refractivity (Wildman–Crippen MR) is 241 cm³/mol. The first-order valence-electron chi connectivity index (χ1n) is 19.7. The molecular weight excluding hydrogens is 687 g/mol. The molecule has 1 heteroatoms. The summed E-state index contributed by atoms with van der Waals surface area (Å²) in [6, 6.07) is 71.4. The topological polar surface area (TPSA) is 3.24 Å². The van der Waals surface area contributed by atoms with Crippen molar-refractivity contribution in [3.05, 3.63) is 253 Å². The van der Waals surface area contributed by atoms with Crippen molar-refractivity contribution < 1.29 is 0 Å². The highest BCUT2D eigenvalue weighted by molar-refractivity contribution is 5.96. The van der Waals surface area contributed by atoms with Crippen molar-refractivity contribution in [3.8, 4) is 44.5 Å². The van der Waals surface area contributed by atoms with Gasteiger partial charge in [0.15, 0.2) is 0 Å². The molecule has 0 saturated heterocycles. The second-order valence-electron chi connectivity index (χ2n) is 14.8. The molecule has 0 heterocycles. The van der Waals surface area contributed by atoms with Crippen LogP contribution >= 0.6 is 0 Å². The van der Waals surface area contributed by atoms with Crippen molar-refractivity contribution in [2.75, 3.05) is 4.90 Å². The van der Waals surface area contributed by atoms with E-state index < -0.39 is 0 Å². The van der Waals surface area contributed by atoms with E-state index in [0.29, 0.717) is 0 Å². The van der Waals surface area contributed by atoms with Crippen LogP contribution in [0.2, 0.25) is 0 Å². The standard InChI is InChI=1S/C56H41N/c1-3-5-15-39(4-2)41-24-31-45(32-25-41)57(46-33-26-42(27-34-46)40-16-7-6-8-17-40)47-35-28-43(29-36-47)44-30-37-51-50-20-11-14-23-54(50)56(55(51)38-44)52-21-12-9-18-48(52)49-19-10-13-22-53(49)56/h3-38H,2H2,1H3/b5-3-,39-15+. The molecule has 0 aliphatic heterocycles. The molecule has 0 N–H and O–H groups in total. The van der Waals surface area contributed by atoms with E-state index in [9.17, 15) is 0 Å². The molecule has 0 aromatic heterocycles. The van der Waals surface area contributed by atoms with Crippen molar-refractivity contribution in [1.29, 1.82) is 0 Å². The molecule has 0 atom stereocenters. The Kier molecular flexibility index (Phi) is 8.50. The Morgan fingerprint density at radius 1 is 0.439 bits per heavy atom. The van der Waals surface area contributed by atoms with Gasteiger partial charge in [0.05, 0.1) is 5.41 Å². The molecule has 8 aromatic carbocycles. The molecule has 270 valence electrons. The smallest absolute Gasteiger partial charge is 0.0725 e. The molecule has 2 aliphatic carbocycles. The molecule has 0 unspecified atom stereocenters. The third-order valence-corrected chi connectivity index (χ3v) is 11.8. The van der Waals surface area contributed by atoms with Crippen LogP contribution in [0.5, 0.6) is 0 Å². The summed E-state index contributed by atoms with van der Waals surface area (Å²) in [5.74, 6) is 0. The lowest BCUT2D eigenvalue weighted by atomic mass is 9.70. The second kappa shape index (κ2) is 14.1. The third-order valence-electron chi connectivity index (χ3n) is 11.8. The quantitative estimate of drug-likeness (QED) is 0.141. The molecule has 0 amide bonds. The van der Waals surface area contributed by atoms with Crippen LogP contribution in [0, 0.1) is 0 Å². The molecule has 1 nitrogen and oxygen atoms in total. The number of benzene rings is 8. The van der Waals surface area contributed by atoms with Gasteiger partial charge in [0.25, 0.3) is 0 Å². The lowest BCUT2D eigenvalue weighted by Crippen LogP contribution is -2.25. The van der Waals surface area contributed by atoms with Crippen molar-refractivity contribution in [2.45, 2.75) is 12.3 Å². The van der Waals surface area contributed by atoms with Gasteiger partial charge in [0, 0.05) is 17.1 Å². The maximum absolute atomic E-state index is 4.07. The number of hydrogen-bond acceptors (Lipinski definition) is 1. The molecule has 0 radical (unpaired) electrons. The fraction of sp³-hybridized carbons (Fsp3) is 0.0357. The summed E-state index contributed by atoms with van der Waals surface area (Å²) in [4.78, 5) is 2.34. The zero-order valence-electron chi connectivity index (χ0n) is 31.9. The van der Waals surface area contributed by atoms with E-state index in [1.807, 2.05) is 19.1 Å². The van der Waals surface area contributed by atoms with E-state index in [1.165, 1.54) is 66.8 Å². The minimum atomic E-state index is -0.364. The van der Waals surface area contributed by atoms with Gasteiger partial charge in [0.2, 0.25) is 0 Å². The maximum atomic E-state index is 4.07. The average molecular weight is 728 g/mol. The maximum Gasteiger partial charge on any atom is 0.0725 e. The van der Waals surface area contributed by atoms with E-state index in [0.717, 1.165) is 28.2 Å². The summed E-state index contributed by atoms with van der Waals surface area (Å²) in [6.07, 6.45) is 8.11. The van der Waals surface area contributed by atoms with Gasteiger partial charge in [-0.1, -0.05) is 183 Å². The molecule has 57 heavy (non-hydrogen) atoms. The first-order chi connectivity index (χ1) is 28.2. The van der Waals surface area contributed by atoms with Gasteiger partial charge in [-0.2, -0.15) is 0 Å². The molecular formula is C56H41N. The summed E-state index contributed by atoms with van der Waals surface area (Å²) in [6.45, 7) is 6.10. The first kappa shape index (κ1) is 34.3. The zero-order chi connectivity index (χ0) is 38.3. The highest BCUT2D eigenvalue weighted by atomic mass is 15.1. The summed E-state index contributed by atoms with van der Waals surface area (Å²) in [7, 11) is 0. The van der Waals surface area contributed by atoms with Gasteiger partial charge < -0.3 is 4.90 Å². The molecule has 1 spiro atoms. The summed E-state index contributed by atoms with van der Waals surface area (Å²) < 4.78 is 0. The molecule has 2 aliphatic rings. The number of hydrogen-bond donors (Lipinski definition) is 0. The predicted octanol–water partition coefficient (Wildman–Crippen LogP) is 15.0. The summed E-state index contributed by atoms with van der Waals surface area (Å²) in [5, 5.41) is 0. The van der Waals surface area contributed by atoms with Crippen LogP contribution in [-0.4, -0.2) is 0 Å². The number of rotatable bonds is 8. The van der Waals surface area contributed by atoms with Gasteiger partial charge >= 0.3 is 0 Å². The zero-order valence-corrected chi connectivity index (χ0v) is 31.9. The van der Waals surface area contributed by atoms with Crippen LogP contribution < -0.4 is 4.90 Å². The molecule has 10 rings (SSSR count). The fourth-order valence-electron chi connectivity index (χ4n) is 9.24. The van der Waals surface area contributed by atoms with Gasteiger partial charge in [-0.25, -0.2) is 0 Å². The van der Waals surface area contributed by atoms with Gasteiger partial charge in [-0.05, 0) is 127 Å². The van der Waals surface area contributed by atoms with E-state index in [4.69, 9.17) is 0 Å². The lowest BCUT2D eigenvalue weighted by Gasteiger charge is -2.30. The summed E-state index contributed by atoms with van der Waals surface area (Å²) in [5.41, 5.74) is 20.6. The van der Waals surface area contributed by atoms with E-state index in [1.54, 1.807) is 0 Å². The van der Waals surface area contributed by atoms with Gasteiger partial charge in [-0.15, -0.1) is 0 Å². The lowest BCUT2D eigenvalue weighted by molar-refractivity contribution is 0.794. The highest BCUT2D eigenvalue weighted by Gasteiger charge is 2.51. The highest BCUT2D eigenvalue weighted by Crippen LogP contribution is 2.63. The fourth-order valence-corrected chi connectivity index (χ4v) is 9.24. The number of nitrogens with zero attached hydrogens (tertiary/aromatic N) is 1. The van der Waals surface area contributed by atoms with Crippen molar-refractivity contribution >= 4 is 22.6 Å². The van der Waals surface area contributed by atoms with E-state index in [-0.39, 0.29) is 5.41 Å². The second-order valence-corrected chi connectivity index (χ2v) is 14.8. The third kappa shape index (κ3) is 5.54. The van der Waals surface area contributed by atoms with Crippen LogP contribution in [0.15, 0.2) is 225 Å². The van der Waals surface area contributed by atoms with Crippen molar-refractivity contribution in [2.24, 2.45) is 0 Å². The average Bonchev–Trinajstić information content (AvgIpc) is 3.75. The van der Waals surface area contributed by atoms with Crippen molar-refractivity contribution in [1.82, 2.24) is 0 Å². The number of fused-ring (bicyclic) bond motifs is 10. The number of allylic oxidation sites excluding steroid dienone is 5. The van der Waals surface area contributed by atoms with Gasteiger partial charge in [-0.3, -0.25) is 0 Å². The molecule has 0 saturated carbocycles. The largest absolute Gasteiger partial charge is 0.311 e.